The molecule has 1 N–H and O–H groups in total. The molecule has 3 heteroatoms. The zero-order chi connectivity index (χ0) is 15.2. The fraction of sp³-hybridized carbons (Fsp3) is 0.588. The third kappa shape index (κ3) is 4.97. The van der Waals surface area contributed by atoms with Crippen LogP contribution < -0.4 is 0 Å². The lowest BCUT2D eigenvalue weighted by atomic mass is 9.94. The Hall–Kier alpha value is -1.35. The molecule has 0 aliphatic carbocycles. The van der Waals surface area contributed by atoms with E-state index >= 15 is 0 Å². The van der Waals surface area contributed by atoms with E-state index in [0.29, 0.717) is 6.54 Å². The molecular formula is C17H27NO2. The quantitative estimate of drug-likeness (QED) is 0.815. The van der Waals surface area contributed by atoms with Crippen LogP contribution in [0.5, 0.6) is 0 Å². The van der Waals surface area contributed by atoms with Gasteiger partial charge < -0.3 is 5.11 Å². The lowest BCUT2D eigenvalue weighted by molar-refractivity contribution is -0.137. The Morgan fingerprint density at radius 2 is 1.85 bits per heavy atom. The van der Waals surface area contributed by atoms with Gasteiger partial charge in [-0.3, -0.25) is 9.69 Å². The summed E-state index contributed by atoms with van der Waals surface area (Å²) < 4.78 is 0. The Balaban J connectivity index is 3.01. The van der Waals surface area contributed by atoms with Crippen LogP contribution in [0.1, 0.15) is 58.6 Å². The summed E-state index contributed by atoms with van der Waals surface area (Å²) in [6.45, 7) is 9.22. The number of aliphatic carboxylic acids is 1. The second kappa shape index (κ2) is 7.44. The van der Waals surface area contributed by atoms with Crippen molar-refractivity contribution in [3.05, 3.63) is 35.9 Å². The van der Waals surface area contributed by atoms with Crippen molar-refractivity contribution in [2.24, 2.45) is 0 Å². The van der Waals surface area contributed by atoms with Crippen LogP contribution in [0.4, 0.5) is 0 Å². The molecule has 20 heavy (non-hydrogen) atoms. The first-order valence-corrected chi connectivity index (χ1v) is 7.39. The van der Waals surface area contributed by atoms with E-state index in [9.17, 15) is 4.79 Å². The lowest BCUT2D eigenvalue weighted by Crippen LogP contribution is -2.45. The normalized spacial score (nSPS) is 13.4. The number of hydrogen-bond acceptors (Lipinski definition) is 2. The van der Waals surface area contributed by atoms with Crippen LogP contribution in [0.2, 0.25) is 0 Å². The Morgan fingerprint density at radius 3 is 2.30 bits per heavy atom. The predicted molar refractivity (Wildman–Crippen MR) is 82.8 cm³/mol. The minimum atomic E-state index is -0.734. The monoisotopic (exact) mass is 277 g/mol. The van der Waals surface area contributed by atoms with E-state index in [-0.39, 0.29) is 18.0 Å². The predicted octanol–water partition coefficient (Wildman–Crippen LogP) is 4.10. The molecule has 0 aliphatic rings. The molecule has 1 unspecified atom stereocenters. The maximum Gasteiger partial charge on any atom is 0.304 e. The van der Waals surface area contributed by atoms with Crippen molar-refractivity contribution in [3.63, 3.8) is 0 Å². The maximum absolute atomic E-state index is 10.9. The van der Waals surface area contributed by atoms with Gasteiger partial charge in [-0.2, -0.15) is 0 Å². The van der Waals surface area contributed by atoms with Crippen molar-refractivity contribution in [2.75, 3.05) is 6.54 Å². The highest BCUT2D eigenvalue weighted by Crippen LogP contribution is 2.31. The van der Waals surface area contributed by atoms with Gasteiger partial charge in [0.2, 0.25) is 0 Å². The highest BCUT2D eigenvalue weighted by Gasteiger charge is 2.29. The van der Waals surface area contributed by atoms with Gasteiger partial charge in [0.1, 0.15) is 0 Å². The van der Waals surface area contributed by atoms with E-state index < -0.39 is 5.97 Å². The minimum Gasteiger partial charge on any atom is -0.481 e. The topological polar surface area (TPSA) is 40.5 Å². The van der Waals surface area contributed by atoms with Crippen molar-refractivity contribution in [1.82, 2.24) is 4.90 Å². The Morgan fingerprint density at radius 1 is 1.25 bits per heavy atom. The first kappa shape index (κ1) is 16.7. The number of nitrogens with zero attached hydrogens (tertiary/aromatic N) is 1. The van der Waals surface area contributed by atoms with E-state index in [4.69, 9.17) is 5.11 Å². The molecule has 0 saturated heterocycles. The number of carbonyl (C=O) groups is 1. The van der Waals surface area contributed by atoms with E-state index in [1.165, 1.54) is 5.56 Å². The zero-order valence-corrected chi connectivity index (χ0v) is 13.1. The summed E-state index contributed by atoms with van der Waals surface area (Å²) in [5, 5.41) is 8.98. The van der Waals surface area contributed by atoms with Crippen molar-refractivity contribution in [1.29, 1.82) is 0 Å². The van der Waals surface area contributed by atoms with E-state index in [1.807, 2.05) is 6.07 Å². The van der Waals surface area contributed by atoms with Crippen molar-refractivity contribution < 1.29 is 9.90 Å². The van der Waals surface area contributed by atoms with Crippen LogP contribution >= 0.6 is 0 Å². The van der Waals surface area contributed by atoms with Crippen molar-refractivity contribution in [3.8, 4) is 0 Å². The molecule has 1 aromatic carbocycles. The smallest absolute Gasteiger partial charge is 0.304 e. The third-order valence-corrected chi connectivity index (χ3v) is 3.55. The van der Waals surface area contributed by atoms with Gasteiger partial charge in [-0.05, 0) is 32.8 Å². The average molecular weight is 277 g/mol. The molecule has 112 valence electrons. The summed E-state index contributed by atoms with van der Waals surface area (Å²) in [4.78, 5) is 13.2. The van der Waals surface area contributed by atoms with Gasteiger partial charge in [0.05, 0.1) is 6.42 Å². The summed E-state index contributed by atoms with van der Waals surface area (Å²) in [6.07, 6.45) is 2.31. The molecule has 0 spiro atoms. The molecule has 0 heterocycles. The summed E-state index contributed by atoms with van der Waals surface area (Å²) in [5.41, 5.74) is 1.22. The molecule has 0 saturated carbocycles. The third-order valence-electron chi connectivity index (χ3n) is 3.55. The Kier molecular flexibility index (Phi) is 6.21. The molecule has 0 bridgehead atoms. The molecule has 1 rings (SSSR count). The lowest BCUT2D eigenvalue weighted by Gasteiger charge is -2.42. The fourth-order valence-electron chi connectivity index (χ4n) is 2.63. The number of carboxylic acids is 1. The highest BCUT2D eigenvalue weighted by atomic mass is 16.4. The van der Waals surface area contributed by atoms with Crippen LogP contribution in [0.25, 0.3) is 0 Å². The number of hydrogen-bond donors (Lipinski definition) is 1. The van der Waals surface area contributed by atoms with Crippen LogP contribution in [0, 0.1) is 0 Å². The first-order chi connectivity index (χ1) is 9.36. The van der Waals surface area contributed by atoms with E-state index in [2.05, 4.69) is 56.9 Å². The largest absolute Gasteiger partial charge is 0.481 e. The molecule has 1 atom stereocenters. The first-order valence-electron chi connectivity index (χ1n) is 7.39. The average Bonchev–Trinajstić information content (AvgIpc) is 2.37. The summed E-state index contributed by atoms with van der Waals surface area (Å²) in [5.74, 6) is -0.734. The summed E-state index contributed by atoms with van der Waals surface area (Å²) in [6, 6.07) is 10.7. The van der Waals surface area contributed by atoms with Gasteiger partial charge in [-0.1, -0.05) is 43.7 Å². The number of benzene rings is 1. The Labute approximate surface area is 122 Å². The van der Waals surface area contributed by atoms with Gasteiger partial charge in [-0.15, -0.1) is 0 Å². The van der Waals surface area contributed by atoms with Gasteiger partial charge in [0.25, 0.3) is 0 Å². The van der Waals surface area contributed by atoms with Gasteiger partial charge in [0.15, 0.2) is 0 Å². The molecule has 0 fully saturated rings. The molecule has 1 aromatic rings. The summed E-state index contributed by atoms with van der Waals surface area (Å²) >= 11 is 0. The van der Waals surface area contributed by atoms with Gasteiger partial charge in [-0.25, -0.2) is 0 Å². The molecule has 0 aromatic heterocycles. The van der Waals surface area contributed by atoms with E-state index in [0.717, 1.165) is 12.8 Å². The van der Waals surface area contributed by atoms with Crippen LogP contribution in [0.3, 0.4) is 0 Å². The second-order valence-electron chi connectivity index (χ2n) is 6.22. The second-order valence-corrected chi connectivity index (χ2v) is 6.22. The SMILES string of the molecule is CCCC(c1ccccc1)N(CCC(=O)O)C(C)(C)C. The number of rotatable bonds is 7. The van der Waals surface area contributed by atoms with Gasteiger partial charge in [0, 0.05) is 18.1 Å². The molecule has 0 amide bonds. The fourth-order valence-corrected chi connectivity index (χ4v) is 2.63. The molecular weight excluding hydrogens is 250 g/mol. The minimum absolute atomic E-state index is 0.0505. The molecule has 0 radical (unpaired) electrons. The van der Waals surface area contributed by atoms with Crippen molar-refractivity contribution >= 4 is 5.97 Å². The van der Waals surface area contributed by atoms with Crippen LogP contribution in [0.15, 0.2) is 30.3 Å². The summed E-state index contributed by atoms with van der Waals surface area (Å²) in [7, 11) is 0. The van der Waals surface area contributed by atoms with Crippen LogP contribution in [-0.4, -0.2) is 28.1 Å². The molecule has 0 aliphatic heterocycles. The van der Waals surface area contributed by atoms with Crippen molar-refractivity contribution in [2.45, 2.75) is 58.5 Å². The zero-order valence-electron chi connectivity index (χ0n) is 13.1. The van der Waals surface area contributed by atoms with E-state index in [1.54, 1.807) is 0 Å². The highest BCUT2D eigenvalue weighted by molar-refractivity contribution is 5.66. The van der Waals surface area contributed by atoms with Gasteiger partial charge >= 0.3 is 5.97 Å². The standard InChI is InChI=1S/C17H27NO2/c1-5-9-15(14-10-7-6-8-11-14)18(17(2,3)4)13-12-16(19)20/h6-8,10-11,15H,5,9,12-13H2,1-4H3,(H,19,20). The number of carboxylic acid groups (broad SMARTS) is 1. The Bertz CT molecular complexity index is 409. The molecule has 3 nitrogen and oxygen atoms in total. The van der Waals surface area contributed by atoms with Crippen LogP contribution in [-0.2, 0) is 4.79 Å². The maximum atomic E-state index is 10.9.